The number of aryl methyl sites for hydroxylation is 1. The summed E-state index contributed by atoms with van der Waals surface area (Å²) in [4.78, 5) is 43.1. The normalized spacial score (nSPS) is 18.8. The van der Waals surface area contributed by atoms with Crippen molar-refractivity contribution in [2.45, 2.75) is 71.0 Å². The molecule has 2 heterocycles. The van der Waals surface area contributed by atoms with Gasteiger partial charge in [-0.2, -0.15) is 13.2 Å². The second-order valence-electron chi connectivity index (χ2n) is 12.8. The molecule has 47 heavy (non-hydrogen) atoms. The number of likely N-dealkylation sites (tertiary alicyclic amines) is 2. The Morgan fingerprint density at radius 3 is 2.17 bits per heavy atom. The molecule has 0 saturated carbocycles. The van der Waals surface area contributed by atoms with Crippen LogP contribution in [0.15, 0.2) is 78.4 Å². The zero-order valence-electron chi connectivity index (χ0n) is 26.6. The molecule has 1 atom stereocenters. The standard InChI is InChI=1S/C36H37F3N2O6/c1-22-10-15-28(46-21-23-8-6-5-7-9-23)27(20-22)31(42)29-30(24-11-13-25(14-12-24)36(37,38)39)41(33(44)32(29)43)26-16-18-40(19-17-26)34(45)47-35(2,3)4/h5-15,20,26,30,42H,16-19,21H2,1-4H3. The topological polar surface area (TPSA) is 96.4 Å². The van der Waals surface area contributed by atoms with Crippen LogP contribution in [0.25, 0.3) is 5.76 Å². The third-order valence-electron chi connectivity index (χ3n) is 8.17. The molecule has 8 nitrogen and oxygen atoms in total. The number of ketones is 1. The maximum absolute atomic E-state index is 13.8. The molecule has 2 fully saturated rings. The SMILES string of the molecule is Cc1ccc(OCc2ccccc2)c(C(O)=C2C(=O)C(=O)N(C3CCN(C(=O)OC(C)(C)C)CC3)C2c2ccc(C(F)(F)F)cc2)c1. The predicted octanol–water partition coefficient (Wildman–Crippen LogP) is 7.41. The molecule has 0 aliphatic carbocycles. The molecule has 2 amide bonds. The van der Waals surface area contributed by atoms with E-state index < -0.39 is 53.0 Å². The van der Waals surface area contributed by atoms with Crippen molar-refractivity contribution in [2.24, 2.45) is 0 Å². The number of aliphatic hydroxyl groups excluding tert-OH is 1. The number of carbonyl (C=O) groups excluding carboxylic acids is 3. The Morgan fingerprint density at radius 1 is 0.936 bits per heavy atom. The van der Waals surface area contributed by atoms with Gasteiger partial charge in [0.1, 0.15) is 23.7 Å². The van der Waals surface area contributed by atoms with Crippen molar-refractivity contribution in [2.75, 3.05) is 13.1 Å². The van der Waals surface area contributed by atoms with Gasteiger partial charge in [-0.15, -0.1) is 0 Å². The zero-order chi connectivity index (χ0) is 34.1. The van der Waals surface area contributed by atoms with Crippen molar-refractivity contribution in [1.82, 2.24) is 9.80 Å². The van der Waals surface area contributed by atoms with E-state index in [2.05, 4.69) is 0 Å². The van der Waals surface area contributed by atoms with Crippen molar-refractivity contribution in [1.29, 1.82) is 0 Å². The Kier molecular flexibility index (Phi) is 9.38. The second-order valence-corrected chi connectivity index (χ2v) is 12.8. The Hall–Kier alpha value is -4.80. The summed E-state index contributed by atoms with van der Waals surface area (Å²) in [5.74, 6) is -2.07. The van der Waals surface area contributed by atoms with Gasteiger partial charge in [0, 0.05) is 19.1 Å². The van der Waals surface area contributed by atoms with E-state index in [4.69, 9.17) is 9.47 Å². The minimum atomic E-state index is -4.60. The number of nitrogens with zero attached hydrogens (tertiary/aromatic N) is 2. The Balaban J connectivity index is 1.54. The zero-order valence-corrected chi connectivity index (χ0v) is 26.6. The molecule has 11 heteroatoms. The number of benzene rings is 3. The summed E-state index contributed by atoms with van der Waals surface area (Å²) >= 11 is 0. The Morgan fingerprint density at radius 2 is 1.57 bits per heavy atom. The summed E-state index contributed by atoms with van der Waals surface area (Å²) in [6, 6.07) is 16.9. The molecule has 2 saturated heterocycles. The molecule has 0 aromatic heterocycles. The number of aliphatic hydroxyl groups is 1. The summed E-state index contributed by atoms with van der Waals surface area (Å²) in [6.45, 7) is 7.70. The maximum atomic E-state index is 13.8. The fraction of sp³-hybridized carbons (Fsp3) is 0.361. The molecule has 5 rings (SSSR count). The van der Waals surface area contributed by atoms with Gasteiger partial charge in [0.2, 0.25) is 0 Å². The van der Waals surface area contributed by atoms with Gasteiger partial charge in [-0.25, -0.2) is 4.79 Å². The molecular weight excluding hydrogens is 613 g/mol. The van der Waals surface area contributed by atoms with Gasteiger partial charge in [0.15, 0.2) is 0 Å². The van der Waals surface area contributed by atoms with Crippen LogP contribution in [0.4, 0.5) is 18.0 Å². The smallest absolute Gasteiger partial charge is 0.416 e. The maximum Gasteiger partial charge on any atom is 0.416 e. The van der Waals surface area contributed by atoms with E-state index in [1.165, 1.54) is 21.9 Å². The Bertz CT molecular complexity index is 1670. The highest BCUT2D eigenvalue weighted by molar-refractivity contribution is 6.46. The van der Waals surface area contributed by atoms with Gasteiger partial charge in [0.05, 0.1) is 22.7 Å². The van der Waals surface area contributed by atoms with Crippen molar-refractivity contribution in [3.05, 3.63) is 106 Å². The van der Waals surface area contributed by atoms with E-state index >= 15 is 0 Å². The molecule has 1 N–H and O–H groups in total. The molecule has 1 unspecified atom stereocenters. The molecule has 0 spiro atoms. The number of hydrogen-bond acceptors (Lipinski definition) is 6. The lowest BCUT2D eigenvalue weighted by Gasteiger charge is -2.39. The van der Waals surface area contributed by atoms with Crippen molar-refractivity contribution in [3.8, 4) is 5.75 Å². The van der Waals surface area contributed by atoms with E-state index in [-0.39, 0.29) is 42.1 Å². The van der Waals surface area contributed by atoms with E-state index in [0.717, 1.165) is 23.3 Å². The van der Waals surface area contributed by atoms with E-state index in [1.54, 1.807) is 45.9 Å². The van der Waals surface area contributed by atoms with Gasteiger partial charge in [-0.3, -0.25) is 9.59 Å². The summed E-state index contributed by atoms with van der Waals surface area (Å²) in [5.41, 5.74) is 0.176. The quantitative estimate of drug-likeness (QED) is 0.170. The van der Waals surface area contributed by atoms with Crippen LogP contribution in [0.3, 0.4) is 0 Å². The first-order valence-corrected chi connectivity index (χ1v) is 15.4. The van der Waals surface area contributed by atoms with Crippen LogP contribution in [-0.4, -0.2) is 57.4 Å². The number of hydrogen-bond donors (Lipinski definition) is 1. The summed E-state index contributed by atoms with van der Waals surface area (Å²) < 4.78 is 51.9. The summed E-state index contributed by atoms with van der Waals surface area (Å²) in [5, 5.41) is 11.8. The first-order chi connectivity index (χ1) is 22.1. The van der Waals surface area contributed by atoms with Crippen molar-refractivity contribution in [3.63, 3.8) is 0 Å². The average Bonchev–Trinajstić information content (AvgIpc) is 3.29. The number of alkyl halides is 3. The summed E-state index contributed by atoms with van der Waals surface area (Å²) in [7, 11) is 0. The Labute approximate surface area is 271 Å². The van der Waals surface area contributed by atoms with Crippen LogP contribution < -0.4 is 4.74 Å². The second kappa shape index (κ2) is 13.1. The molecular formula is C36H37F3N2O6. The predicted molar refractivity (Wildman–Crippen MR) is 168 cm³/mol. The minimum Gasteiger partial charge on any atom is -0.507 e. The van der Waals surface area contributed by atoms with Crippen LogP contribution in [0.2, 0.25) is 0 Å². The minimum absolute atomic E-state index is 0.164. The largest absolute Gasteiger partial charge is 0.507 e. The molecule has 3 aromatic carbocycles. The van der Waals surface area contributed by atoms with Crippen LogP contribution in [0.5, 0.6) is 5.75 Å². The van der Waals surface area contributed by atoms with Crippen LogP contribution in [0.1, 0.15) is 67.5 Å². The lowest BCUT2D eigenvalue weighted by Crippen LogP contribution is -2.49. The molecule has 2 aliphatic rings. The lowest BCUT2D eigenvalue weighted by atomic mass is 9.92. The van der Waals surface area contributed by atoms with Gasteiger partial charge < -0.3 is 24.4 Å². The third-order valence-corrected chi connectivity index (χ3v) is 8.17. The van der Waals surface area contributed by atoms with E-state index in [0.29, 0.717) is 12.8 Å². The first kappa shape index (κ1) is 33.6. The van der Waals surface area contributed by atoms with Crippen LogP contribution in [0, 0.1) is 6.92 Å². The highest BCUT2D eigenvalue weighted by Gasteiger charge is 2.50. The molecule has 2 aliphatic heterocycles. The van der Waals surface area contributed by atoms with Gasteiger partial charge in [-0.05, 0) is 75.9 Å². The number of piperidine rings is 1. The number of Topliss-reactive ketones (excluding diaryl/α,β-unsaturated/α-hetero) is 1. The van der Waals surface area contributed by atoms with E-state index in [1.807, 2.05) is 30.3 Å². The fourth-order valence-corrected chi connectivity index (χ4v) is 5.90. The number of amides is 2. The summed E-state index contributed by atoms with van der Waals surface area (Å²) in [6.07, 6.45) is -4.51. The number of halogens is 3. The third kappa shape index (κ3) is 7.45. The van der Waals surface area contributed by atoms with Gasteiger partial charge in [-0.1, -0.05) is 54.1 Å². The van der Waals surface area contributed by atoms with Gasteiger partial charge in [0.25, 0.3) is 11.7 Å². The fourth-order valence-electron chi connectivity index (χ4n) is 5.90. The monoisotopic (exact) mass is 650 g/mol. The highest BCUT2D eigenvalue weighted by atomic mass is 19.4. The lowest BCUT2D eigenvalue weighted by molar-refractivity contribution is -0.142. The van der Waals surface area contributed by atoms with Crippen molar-refractivity contribution >= 4 is 23.5 Å². The molecule has 0 bridgehead atoms. The van der Waals surface area contributed by atoms with E-state index in [9.17, 15) is 32.7 Å². The molecule has 248 valence electrons. The average molecular weight is 651 g/mol. The van der Waals surface area contributed by atoms with Crippen molar-refractivity contribution < 1.29 is 42.1 Å². The van der Waals surface area contributed by atoms with Gasteiger partial charge >= 0.3 is 12.3 Å². The first-order valence-electron chi connectivity index (χ1n) is 15.4. The van der Waals surface area contributed by atoms with Crippen LogP contribution in [-0.2, 0) is 27.1 Å². The number of carbonyl (C=O) groups is 3. The highest BCUT2D eigenvalue weighted by Crippen LogP contribution is 2.44. The number of rotatable bonds is 6. The number of ether oxygens (including phenoxy) is 2. The van der Waals surface area contributed by atoms with Crippen LogP contribution >= 0.6 is 0 Å². The molecule has 0 radical (unpaired) electrons. The molecule has 3 aromatic rings.